The summed E-state index contributed by atoms with van der Waals surface area (Å²) in [5.74, 6) is 0.164. The van der Waals surface area contributed by atoms with Crippen LogP contribution in [-0.2, 0) is 4.79 Å². The number of hydrogen-bond donors (Lipinski definition) is 1. The molecular weight excluding hydrogens is 266 g/mol. The summed E-state index contributed by atoms with van der Waals surface area (Å²) in [6.45, 7) is 0. The average Bonchev–Trinajstić information content (AvgIpc) is 2.91. The Morgan fingerprint density at radius 2 is 2.39 bits per heavy atom. The maximum atomic E-state index is 11.5. The molecule has 0 aliphatic carbocycles. The molecular formula is C12H11N3OS2. The number of aromatic nitrogens is 1. The fourth-order valence-electron chi connectivity index (χ4n) is 1.14. The quantitative estimate of drug-likeness (QED) is 0.518. The predicted molar refractivity (Wildman–Crippen MR) is 75.0 cm³/mol. The van der Waals surface area contributed by atoms with Crippen molar-refractivity contribution in [1.82, 2.24) is 10.4 Å². The van der Waals surface area contributed by atoms with E-state index in [-0.39, 0.29) is 5.91 Å². The zero-order valence-corrected chi connectivity index (χ0v) is 11.1. The number of carbonyl (C=O) groups is 1. The minimum atomic E-state index is -0.140. The highest BCUT2D eigenvalue weighted by Gasteiger charge is 2.01. The average molecular weight is 277 g/mol. The van der Waals surface area contributed by atoms with Crippen LogP contribution >= 0.6 is 23.1 Å². The van der Waals surface area contributed by atoms with Crippen LogP contribution in [0.2, 0.25) is 0 Å². The van der Waals surface area contributed by atoms with Crippen molar-refractivity contribution in [3.05, 3.63) is 46.8 Å². The van der Waals surface area contributed by atoms with E-state index in [4.69, 9.17) is 0 Å². The predicted octanol–water partition coefficient (Wildman–Crippen LogP) is 2.39. The third-order valence-electron chi connectivity index (χ3n) is 1.91. The molecule has 0 aliphatic rings. The topological polar surface area (TPSA) is 54.4 Å². The SMILES string of the molecule is O=C(CSc1ccccn1)N/N=C/c1cccs1. The number of hydrazone groups is 1. The van der Waals surface area contributed by atoms with E-state index in [1.165, 1.54) is 11.8 Å². The fraction of sp³-hybridized carbons (Fsp3) is 0.0833. The number of pyridine rings is 1. The molecule has 0 aromatic carbocycles. The van der Waals surface area contributed by atoms with Gasteiger partial charge in [-0.1, -0.05) is 23.9 Å². The second kappa shape index (κ2) is 6.93. The van der Waals surface area contributed by atoms with E-state index in [9.17, 15) is 4.79 Å². The van der Waals surface area contributed by atoms with Crippen LogP contribution in [0.3, 0.4) is 0 Å². The summed E-state index contributed by atoms with van der Waals surface area (Å²) in [6, 6.07) is 9.47. The molecule has 2 heterocycles. The van der Waals surface area contributed by atoms with Gasteiger partial charge in [-0.3, -0.25) is 4.79 Å². The molecule has 0 spiro atoms. The number of nitrogens with zero attached hydrogens (tertiary/aromatic N) is 2. The van der Waals surface area contributed by atoms with Crippen LogP contribution < -0.4 is 5.43 Å². The summed E-state index contributed by atoms with van der Waals surface area (Å²) in [4.78, 5) is 16.6. The number of thioether (sulfide) groups is 1. The molecule has 18 heavy (non-hydrogen) atoms. The smallest absolute Gasteiger partial charge is 0.250 e. The van der Waals surface area contributed by atoms with Gasteiger partial charge in [0.25, 0.3) is 0 Å². The minimum absolute atomic E-state index is 0.140. The van der Waals surface area contributed by atoms with Crippen LogP contribution in [0.1, 0.15) is 4.88 Å². The number of hydrogen-bond acceptors (Lipinski definition) is 5. The lowest BCUT2D eigenvalue weighted by Crippen LogP contribution is -2.19. The summed E-state index contributed by atoms with van der Waals surface area (Å²) in [7, 11) is 0. The molecule has 1 amide bonds. The van der Waals surface area contributed by atoms with Crippen molar-refractivity contribution in [2.75, 3.05) is 5.75 Å². The third-order valence-corrected chi connectivity index (χ3v) is 3.66. The highest BCUT2D eigenvalue weighted by Crippen LogP contribution is 2.12. The maximum Gasteiger partial charge on any atom is 0.250 e. The summed E-state index contributed by atoms with van der Waals surface area (Å²) >= 11 is 2.95. The number of carbonyl (C=O) groups excluding carboxylic acids is 1. The zero-order chi connectivity index (χ0) is 12.6. The van der Waals surface area contributed by atoms with Crippen LogP contribution in [0, 0.1) is 0 Å². The molecule has 2 aromatic rings. The lowest BCUT2D eigenvalue weighted by molar-refractivity contribution is -0.118. The van der Waals surface area contributed by atoms with Crippen LogP contribution in [0.15, 0.2) is 52.0 Å². The molecule has 0 saturated heterocycles. The van der Waals surface area contributed by atoms with Crippen LogP contribution in [0.4, 0.5) is 0 Å². The van der Waals surface area contributed by atoms with Gasteiger partial charge >= 0.3 is 0 Å². The van der Waals surface area contributed by atoms with E-state index in [1.54, 1.807) is 23.7 Å². The molecule has 6 heteroatoms. The molecule has 0 atom stereocenters. The summed E-state index contributed by atoms with van der Waals surface area (Å²) in [6.07, 6.45) is 3.34. The Morgan fingerprint density at radius 3 is 3.11 bits per heavy atom. The first-order chi connectivity index (χ1) is 8.84. The van der Waals surface area contributed by atoms with Crippen LogP contribution in [0.5, 0.6) is 0 Å². The number of amides is 1. The molecule has 0 fully saturated rings. The van der Waals surface area contributed by atoms with Crippen molar-refractivity contribution < 1.29 is 4.79 Å². The van der Waals surface area contributed by atoms with Crippen molar-refractivity contribution in [2.24, 2.45) is 5.10 Å². The van der Waals surface area contributed by atoms with Crippen molar-refractivity contribution in [2.45, 2.75) is 5.03 Å². The lowest BCUT2D eigenvalue weighted by atomic mass is 10.5. The number of rotatable bonds is 5. The zero-order valence-electron chi connectivity index (χ0n) is 9.45. The first-order valence-electron chi connectivity index (χ1n) is 5.24. The molecule has 2 aromatic heterocycles. The van der Waals surface area contributed by atoms with Gasteiger partial charge in [0.1, 0.15) is 0 Å². The molecule has 0 unspecified atom stereocenters. The Morgan fingerprint density at radius 1 is 1.44 bits per heavy atom. The third kappa shape index (κ3) is 4.31. The second-order valence-corrected chi connectivity index (χ2v) is 5.24. The van der Waals surface area contributed by atoms with Gasteiger partial charge in [-0.25, -0.2) is 10.4 Å². The highest BCUT2D eigenvalue weighted by atomic mass is 32.2. The molecule has 0 bridgehead atoms. The fourth-order valence-corrected chi connectivity index (χ4v) is 2.38. The molecule has 4 nitrogen and oxygen atoms in total. The van der Waals surface area contributed by atoms with Gasteiger partial charge in [-0.15, -0.1) is 11.3 Å². The van der Waals surface area contributed by atoms with E-state index in [0.29, 0.717) is 5.75 Å². The summed E-state index contributed by atoms with van der Waals surface area (Å²) in [5, 5.41) is 6.67. The highest BCUT2D eigenvalue weighted by molar-refractivity contribution is 7.99. The number of thiophene rings is 1. The molecule has 1 N–H and O–H groups in total. The normalized spacial score (nSPS) is 10.7. The monoisotopic (exact) mass is 277 g/mol. The maximum absolute atomic E-state index is 11.5. The van der Waals surface area contributed by atoms with Crippen molar-refractivity contribution >= 4 is 35.2 Å². The van der Waals surface area contributed by atoms with Gasteiger partial charge < -0.3 is 0 Å². The first kappa shape index (κ1) is 12.8. The summed E-state index contributed by atoms with van der Waals surface area (Å²) < 4.78 is 0. The first-order valence-corrected chi connectivity index (χ1v) is 7.10. The minimum Gasteiger partial charge on any atom is -0.272 e. The molecule has 0 radical (unpaired) electrons. The van der Waals surface area contributed by atoms with E-state index in [1.807, 2.05) is 35.7 Å². The van der Waals surface area contributed by atoms with Crippen molar-refractivity contribution in [3.63, 3.8) is 0 Å². The largest absolute Gasteiger partial charge is 0.272 e. The van der Waals surface area contributed by atoms with Gasteiger partial charge in [0.2, 0.25) is 5.91 Å². The van der Waals surface area contributed by atoms with Crippen molar-refractivity contribution in [1.29, 1.82) is 0 Å². The summed E-state index contributed by atoms with van der Waals surface area (Å²) in [5.41, 5.74) is 2.48. The Balaban J connectivity index is 1.73. The molecule has 0 aliphatic heterocycles. The molecule has 92 valence electrons. The Kier molecular flexibility index (Phi) is 4.92. The Labute approximate surface area is 113 Å². The van der Waals surface area contributed by atoms with Gasteiger partial charge in [0, 0.05) is 11.1 Å². The standard InChI is InChI=1S/C12H11N3OS2/c16-11(9-18-12-5-1-2-6-13-12)15-14-8-10-4-3-7-17-10/h1-8H,9H2,(H,15,16)/b14-8+. The van der Waals surface area contributed by atoms with E-state index >= 15 is 0 Å². The van der Waals surface area contributed by atoms with Gasteiger partial charge in [-0.2, -0.15) is 5.10 Å². The van der Waals surface area contributed by atoms with E-state index in [2.05, 4.69) is 15.5 Å². The van der Waals surface area contributed by atoms with E-state index in [0.717, 1.165) is 9.90 Å². The van der Waals surface area contributed by atoms with Crippen LogP contribution in [-0.4, -0.2) is 22.9 Å². The van der Waals surface area contributed by atoms with E-state index < -0.39 is 0 Å². The Bertz CT molecular complexity index is 511. The van der Waals surface area contributed by atoms with Crippen molar-refractivity contribution in [3.8, 4) is 0 Å². The molecule has 2 rings (SSSR count). The second-order valence-electron chi connectivity index (χ2n) is 3.27. The van der Waals surface area contributed by atoms with Gasteiger partial charge in [-0.05, 0) is 23.6 Å². The molecule has 0 saturated carbocycles. The van der Waals surface area contributed by atoms with Crippen LogP contribution in [0.25, 0.3) is 0 Å². The van der Waals surface area contributed by atoms with Gasteiger partial charge in [0.05, 0.1) is 17.0 Å². The Hall–Kier alpha value is -1.66. The van der Waals surface area contributed by atoms with Gasteiger partial charge in [0.15, 0.2) is 0 Å². The lowest BCUT2D eigenvalue weighted by Gasteiger charge is -1.99. The number of nitrogens with one attached hydrogen (secondary N) is 1.